The van der Waals surface area contributed by atoms with Crippen LogP contribution in [-0.2, 0) is 0 Å². The molecular weight excluding hydrogens is 221 g/mol. The Morgan fingerprint density at radius 2 is 2.06 bits per heavy atom. The smallest absolute Gasteiger partial charge is 0.392 e. The molecule has 0 spiro atoms. The van der Waals surface area contributed by atoms with Crippen molar-refractivity contribution in [3.63, 3.8) is 0 Å². The molecule has 2 rings (SSSR count). The lowest BCUT2D eigenvalue weighted by atomic mass is 10.2. The molecule has 1 atom stereocenters. The minimum atomic E-state index is -4.23. The zero-order valence-corrected chi connectivity index (χ0v) is 8.67. The van der Waals surface area contributed by atoms with Crippen LogP contribution in [0.25, 0.3) is 0 Å². The molecule has 0 aliphatic carbocycles. The van der Waals surface area contributed by atoms with Gasteiger partial charge in [0.1, 0.15) is 12.7 Å². The van der Waals surface area contributed by atoms with E-state index in [0.717, 1.165) is 5.56 Å². The number of hydrogen-bond donors (Lipinski definition) is 0. The predicted octanol–water partition coefficient (Wildman–Crippen LogP) is 3.09. The van der Waals surface area contributed by atoms with Gasteiger partial charge in [-0.25, -0.2) is 0 Å². The van der Waals surface area contributed by atoms with Gasteiger partial charge in [-0.2, -0.15) is 13.2 Å². The van der Waals surface area contributed by atoms with Crippen molar-refractivity contribution in [3.8, 4) is 11.5 Å². The van der Waals surface area contributed by atoms with Crippen molar-refractivity contribution in [2.45, 2.75) is 25.6 Å². The maximum atomic E-state index is 12.2. The van der Waals surface area contributed by atoms with Gasteiger partial charge >= 0.3 is 6.18 Å². The first-order valence-corrected chi connectivity index (χ1v) is 4.91. The molecule has 0 amide bonds. The molecule has 16 heavy (non-hydrogen) atoms. The lowest BCUT2D eigenvalue weighted by Gasteiger charge is -2.27. The topological polar surface area (TPSA) is 18.5 Å². The Hall–Kier alpha value is -1.39. The van der Waals surface area contributed by atoms with Crippen LogP contribution in [0, 0.1) is 6.92 Å². The van der Waals surface area contributed by atoms with Crippen LogP contribution in [0.3, 0.4) is 0 Å². The average molecular weight is 232 g/mol. The molecule has 0 aromatic heterocycles. The summed E-state index contributed by atoms with van der Waals surface area (Å²) in [4.78, 5) is 0. The van der Waals surface area contributed by atoms with Crippen LogP contribution in [0.4, 0.5) is 13.2 Å². The lowest BCUT2D eigenvalue weighted by molar-refractivity contribution is -0.155. The molecule has 1 heterocycles. The van der Waals surface area contributed by atoms with E-state index in [9.17, 15) is 13.2 Å². The van der Waals surface area contributed by atoms with E-state index in [1.54, 1.807) is 12.1 Å². The van der Waals surface area contributed by atoms with Crippen molar-refractivity contribution >= 4 is 0 Å². The molecule has 0 radical (unpaired) electrons. The minimum Gasteiger partial charge on any atom is -0.486 e. The zero-order chi connectivity index (χ0) is 11.8. The van der Waals surface area contributed by atoms with Crippen molar-refractivity contribution in [3.05, 3.63) is 23.8 Å². The molecule has 2 nitrogen and oxygen atoms in total. The average Bonchev–Trinajstić information content (AvgIpc) is 2.14. The van der Waals surface area contributed by atoms with Gasteiger partial charge in [0, 0.05) is 0 Å². The van der Waals surface area contributed by atoms with Crippen LogP contribution in [-0.4, -0.2) is 18.9 Å². The lowest BCUT2D eigenvalue weighted by Crippen LogP contribution is -2.33. The third kappa shape index (κ3) is 2.59. The van der Waals surface area contributed by atoms with Crippen LogP contribution in [0.15, 0.2) is 18.2 Å². The molecule has 1 aromatic carbocycles. The molecule has 0 saturated heterocycles. The van der Waals surface area contributed by atoms with Crippen molar-refractivity contribution in [2.75, 3.05) is 6.61 Å². The van der Waals surface area contributed by atoms with Gasteiger partial charge in [-0.3, -0.25) is 0 Å². The summed E-state index contributed by atoms with van der Waals surface area (Å²) in [5, 5.41) is 0. The summed E-state index contributed by atoms with van der Waals surface area (Å²) in [5.41, 5.74) is 0.926. The van der Waals surface area contributed by atoms with E-state index < -0.39 is 18.7 Å². The van der Waals surface area contributed by atoms with E-state index in [-0.39, 0.29) is 6.61 Å². The maximum absolute atomic E-state index is 12.2. The van der Waals surface area contributed by atoms with Gasteiger partial charge in [0.15, 0.2) is 11.5 Å². The van der Waals surface area contributed by atoms with Gasteiger partial charge in [-0.1, -0.05) is 6.07 Å². The molecule has 88 valence electrons. The SMILES string of the molecule is Cc1ccc2c(c1)OC(CC(F)(F)F)CO2. The second kappa shape index (κ2) is 3.88. The molecule has 0 N–H and O–H groups in total. The number of ether oxygens (including phenoxy) is 2. The number of hydrogen-bond acceptors (Lipinski definition) is 2. The highest BCUT2D eigenvalue weighted by atomic mass is 19.4. The van der Waals surface area contributed by atoms with E-state index in [1.165, 1.54) is 0 Å². The van der Waals surface area contributed by atoms with Gasteiger partial charge in [0.2, 0.25) is 0 Å². The summed E-state index contributed by atoms with van der Waals surface area (Å²) in [6, 6.07) is 5.21. The van der Waals surface area contributed by atoms with Gasteiger partial charge in [-0.05, 0) is 24.6 Å². The maximum Gasteiger partial charge on any atom is 0.392 e. The predicted molar refractivity (Wildman–Crippen MR) is 51.8 cm³/mol. The summed E-state index contributed by atoms with van der Waals surface area (Å²) >= 11 is 0. The molecule has 1 aromatic rings. The largest absolute Gasteiger partial charge is 0.486 e. The van der Waals surface area contributed by atoms with Crippen LogP contribution >= 0.6 is 0 Å². The number of benzene rings is 1. The highest BCUT2D eigenvalue weighted by Gasteiger charge is 2.35. The molecule has 5 heteroatoms. The summed E-state index contributed by atoms with van der Waals surface area (Å²) in [6.45, 7) is 1.78. The Kier molecular flexibility index (Phi) is 2.69. The molecule has 1 unspecified atom stereocenters. The van der Waals surface area contributed by atoms with E-state index in [2.05, 4.69) is 0 Å². The highest BCUT2D eigenvalue weighted by Crippen LogP contribution is 2.35. The third-order valence-electron chi connectivity index (χ3n) is 2.28. The van der Waals surface area contributed by atoms with Crippen molar-refractivity contribution in [2.24, 2.45) is 0 Å². The molecule has 0 fully saturated rings. The van der Waals surface area contributed by atoms with Crippen molar-refractivity contribution < 1.29 is 22.6 Å². The van der Waals surface area contributed by atoms with Gasteiger partial charge in [0.25, 0.3) is 0 Å². The summed E-state index contributed by atoms with van der Waals surface area (Å²) in [6.07, 6.45) is -6.16. The number of fused-ring (bicyclic) bond motifs is 1. The molecule has 1 aliphatic rings. The van der Waals surface area contributed by atoms with Gasteiger partial charge in [-0.15, -0.1) is 0 Å². The Morgan fingerprint density at radius 1 is 1.31 bits per heavy atom. The molecule has 0 saturated carbocycles. The highest BCUT2D eigenvalue weighted by molar-refractivity contribution is 5.43. The number of halogens is 3. The first-order valence-electron chi connectivity index (χ1n) is 4.91. The van der Waals surface area contributed by atoms with E-state index in [4.69, 9.17) is 9.47 Å². The van der Waals surface area contributed by atoms with Crippen molar-refractivity contribution in [1.29, 1.82) is 0 Å². The number of alkyl halides is 3. The van der Waals surface area contributed by atoms with Crippen LogP contribution < -0.4 is 9.47 Å². The number of aryl methyl sites for hydroxylation is 1. The fourth-order valence-electron chi connectivity index (χ4n) is 1.58. The fraction of sp³-hybridized carbons (Fsp3) is 0.455. The van der Waals surface area contributed by atoms with Crippen LogP contribution in [0.1, 0.15) is 12.0 Å². The fourth-order valence-corrected chi connectivity index (χ4v) is 1.58. The van der Waals surface area contributed by atoms with Gasteiger partial charge < -0.3 is 9.47 Å². The first-order chi connectivity index (χ1) is 7.44. The second-order valence-electron chi connectivity index (χ2n) is 3.82. The van der Waals surface area contributed by atoms with E-state index in [1.807, 2.05) is 13.0 Å². The standard InChI is InChI=1S/C11H11F3O2/c1-7-2-3-9-10(4-7)16-8(6-15-9)5-11(12,13)14/h2-4,8H,5-6H2,1H3. The Labute approximate surface area is 91.0 Å². The Balaban J connectivity index is 2.11. The van der Waals surface area contributed by atoms with Crippen molar-refractivity contribution in [1.82, 2.24) is 0 Å². The van der Waals surface area contributed by atoms with E-state index in [0.29, 0.717) is 11.5 Å². The minimum absolute atomic E-state index is 0.0599. The zero-order valence-electron chi connectivity index (χ0n) is 8.67. The monoisotopic (exact) mass is 232 g/mol. The Morgan fingerprint density at radius 3 is 2.75 bits per heavy atom. The molecule has 0 bridgehead atoms. The quantitative estimate of drug-likeness (QED) is 0.740. The molecular formula is C11H11F3O2. The normalized spacial score (nSPS) is 19.6. The second-order valence-corrected chi connectivity index (χ2v) is 3.82. The first kappa shape index (κ1) is 11.1. The third-order valence-corrected chi connectivity index (χ3v) is 2.28. The Bertz CT molecular complexity index is 387. The summed E-state index contributed by atoms with van der Waals surface area (Å²) in [7, 11) is 0. The molecule has 1 aliphatic heterocycles. The van der Waals surface area contributed by atoms with E-state index >= 15 is 0 Å². The summed E-state index contributed by atoms with van der Waals surface area (Å²) < 4.78 is 46.9. The van der Waals surface area contributed by atoms with Crippen LogP contribution in [0.2, 0.25) is 0 Å². The van der Waals surface area contributed by atoms with Gasteiger partial charge in [0.05, 0.1) is 6.42 Å². The summed E-state index contributed by atoms with van der Waals surface area (Å²) in [5.74, 6) is 0.893. The number of rotatable bonds is 1. The van der Waals surface area contributed by atoms with Crippen LogP contribution in [0.5, 0.6) is 11.5 Å².